The number of alkyl halides is 2. The number of benzene rings is 1. The van der Waals surface area contributed by atoms with Crippen LogP contribution in [0.1, 0.15) is 36.5 Å². The fourth-order valence-electron chi connectivity index (χ4n) is 2.67. The van der Waals surface area contributed by atoms with Gasteiger partial charge >= 0.3 is 0 Å². The molecule has 0 radical (unpaired) electrons. The first-order valence-electron chi connectivity index (χ1n) is 7.14. The van der Waals surface area contributed by atoms with Gasteiger partial charge in [-0.1, -0.05) is 6.92 Å². The van der Waals surface area contributed by atoms with Crippen LogP contribution in [-0.2, 0) is 6.54 Å². The van der Waals surface area contributed by atoms with E-state index < -0.39 is 6.43 Å². The van der Waals surface area contributed by atoms with Gasteiger partial charge in [-0.2, -0.15) is 0 Å². The van der Waals surface area contributed by atoms with Gasteiger partial charge in [0.15, 0.2) is 0 Å². The number of hydrogen-bond acceptors (Lipinski definition) is 3. The van der Waals surface area contributed by atoms with E-state index in [1.54, 1.807) is 6.07 Å². The van der Waals surface area contributed by atoms with Crippen LogP contribution in [0.3, 0.4) is 0 Å². The number of nitrogens with one attached hydrogen (secondary N) is 1. The lowest BCUT2D eigenvalue weighted by Gasteiger charge is -2.33. The molecule has 3 N–H and O–H groups in total. The van der Waals surface area contributed by atoms with Gasteiger partial charge in [-0.25, -0.2) is 8.78 Å². The van der Waals surface area contributed by atoms with Crippen LogP contribution in [0.5, 0.6) is 0 Å². The summed E-state index contributed by atoms with van der Waals surface area (Å²) >= 11 is 0. The zero-order valence-corrected chi connectivity index (χ0v) is 12.1. The third kappa shape index (κ3) is 3.46. The summed E-state index contributed by atoms with van der Waals surface area (Å²) in [5.41, 5.74) is 8.16. The molecule has 20 heavy (non-hydrogen) atoms. The molecule has 2 rings (SSSR count). The number of piperazine rings is 1. The maximum Gasteiger partial charge on any atom is 0.263 e. The van der Waals surface area contributed by atoms with E-state index in [1.807, 2.05) is 6.92 Å². The SMILES string of the molecule is CC[C@H]1CN(Cc2cc(C(F)F)cc(N)c2C)CCN1. The van der Waals surface area contributed by atoms with E-state index in [-0.39, 0.29) is 5.56 Å². The van der Waals surface area contributed by atoms with Crippen LogP contribution in [0, 0.1) is 6.92 Å². The van der Waals surface area contributed by atoms with E-state index in [4.69, 9.17) is 5.73 Å². The largest absolute Gasteiger partial charge is 0.398 e. The Hall–Kier alpha value is -1.20. The molecule has 1 atom stereocenters. The Kier molecular flexibility index (Phi) is 4.94. The second-order valence-corrected chi connectivity index (χ2v) is 5.49. The maximum absolute atomic E-state index is 12.9. The first kappa shape index (κ1) is 15.2. The van der Waals surface area contributed by atoms with Crippen molar-refractivity contribution in [2.45, 2.75) is 39.3 Å². The minimum absolute atomic E-state index is 0.0188. The average Bonchev–Trinajstić information content (AvgIpc) is 2.43. The first-order valence-corrected chi connectivity index (χ1v) is 7.14. The van der Waals surface area contributed by atoms with E-state index in [1.165, 1.54) is 6.07 Å². The van der Waals surface area contributed by atoms with E-state index >= 15 is 0 Å². The molecule has 0 aliphatic carbocycles. The van der Waals surface area contributed by atoms with Crippen LogP contribution in [0.4, 0.5) is 14.5 Å². The van der Waals surface area contributed by atoms with Crippen molar-refractivity contribution in [1.82, 2.24) is 10.2 Å². The molecular weight excluding hydrogens is 260 g/mol. The van der Waals surface area contributed by atoms with Gasteiger partial charge in [0, 0.05) is 43.5 Å². The van der Waals surface area contributed by atoms with Crippen molar-refractivity contribution in [3.63, 3.8) is 0 Å². The molecule has 0 bridgehead atoms. The fourth-order valence-corrected chi connectivity index (χ4v) is 2.67. The van der Waals surface area contributed by atoms with Gasteiger partial charge in [0.2, 0.25) is 0 Å². The molecule has 1 heterocycles. The highest BCUT2D eigenvalue weighted by Crippen LogP contribution is 2.27. The van der Waals surface area contributed by atoms with Gasteiger partial charge < -0.3 is 11.1 Å². The van der Waals surface area contributed by atoms with Gasteiger partial charge in [-0.05, 0) is 36.6 Å². The Morgan fingerprint density at radius 2 is 2.20 bits per heavy atom. The lowest BCUT2D eigenvalue weighted by atomic mass is 10.0. The molecule has 3 nitrogen and oxygen atoms in total. The fraction of sp³-hybridized carbons (Fsp3) is 0.600. The Balaban J connectivity index is 2.15. The minimum Gasteiger partial charge on any atom is -0.398 e. The van der Waals surface area contributed by atoms with Gasteiger partial charge in [-0.3, -0.25) is 4.90 Å². The Bertz CT molecular complexity index is 463. The molecule has 1 aliphatic heterocycles. The van der Waals surface area contributed by atoms with Crippen molar-refractivity contribution < 1.29 is 8.78 Å². The van der Waals surface area contributed by atoms with E-state index in [9.17, 15) is 8.78 Å². The molecule has 0 spiro atoms. The molecule has 112 valence electrons. The molecule has 1 fully saturated rings. The molecular formula is C15H23F2N3. The summed E-state index contributed by atoms with van der Waals surface area (Å²) in [6.45, 7) is 7.58. The number of nitrogens with two attached hydrogens (primary N) is 1. The van der Waals surface area contributed by atoms with Gasteiger partial charge in [0.1, 0.15) is 0 Å². The van der Waals surface area contributed by atoms with Crippen molar-refractivity contribution in [3.05, 3.63) is 28.8 Å². The highest BCUT2D eigenvalue weighted by Gasteiger charge is 2.19. The van der Waals surface area contributed by atoms with E-state index in [2.05, 4.69) is 17.1 Å². The van der Waals surface area contributed by atoms with E-state index in [0.29, 0.717) is 18.3 Å². The molecule has 1 aromatic carbocycles. The molecule has 1 aliphatic rings. The highest BCUT2D eigenvalue weighted by molar-refractivity contribution is 5.53. The molecule has 0 aromatic heterocycles. The number of anilines is 1. The third-order valence-corrected chi connectivity index (χ3v) is 4.06. The summed E-state index contributed by atoms with van der Waals surface area (Å²) < 4.78 is 25.7. The van der Waals surface area contributed by atoms with Gasteiger partial charge in [0.05, 0.1) is 0 Å². The van der Waals surface area contributed by atoms with Crippen molar-refractivity contribution in [2.24, 2.45) is 0 Å². The number of nitrogen functional groups attached to an aromatic ring is 1. The quantitative estimate of drug-likeness (QED) is 0.835. The van der Waals surface area contributed by atoms with Crippen LogP contribution in [0.15, 0.2) is 12.1 Å². The second-order valence-electron chi connectivity index (χ2n) is 5.49. The summed E-state index contributed by atoms with van der Waals surface area (Å²) in [6.07, 6.45) is -1.39. The van der Waals surface area contributed by atoms with Crippen molar-refractivity contribution in [1.29, 1.82) is 0 Å². The monoisotopic (exact) mass is 283 g/mol. The summed E-state index contributed by atoms with van der Waals surface area (Å²) in [6, 6.07) is 3.47. The standard InChI is InChI=1S/C15H23F2N3/c1-3-13-9-20(5-4-19-13)8-12-6-11(15(16)17)7-14(18)10(12)2/h6-7,13,15,19H,3-5,8-9,18H2,1-2H3/t13-/m0/s1. The average molecular weight is 283 g/mol. The van der Waals surface area contributed by atoms with Gasteiger partial charge in [-0.15, -0.1) is 0 Å². The predicted octanol–water partition coefficient (Wildman–Crippen LogP) is 2.70. The van der Waals surface area contributed by atoms with Crippen molar-refractivity contribution >= 4 is 5.69 Å². The summed E-state index contributed by atoms with van der Waals surface area (Å²) in [5.74, 6) is 0. The number of nitrogens with zero attached hydrogens (tertiary/aromatic N) is 1. The summed E-state index contributed by atoms with van der Waals surface area (Å²) in [5, 5.41) is 3.45. The molecule has 0 saturated carbocycles. The lowest BCUT2D eigenvalue weighted by Crippen LogP contribution is -2.49. The Morgan fingerprint density at radius 1 is 1.45 bits per heavy atom. The smallest absolute Gasteiger partial charge is 0.263 e. The highest BCUT2D eigenvalue weighted by atomic mass is 19.3. The normalized spacial score (nSPS) is 20.6. The third-order valence-electron chi connectivity index (χ3n) is 4.06. The number of halogens is 2. The van der Waals surface area contributed by atoms with Crippen LogP contribution < -0.4 is 11.1 Å². The van der Waals surface area contributed by atoms with Gasteiger partial charge in [0.25, 0.3) is 6.43 Å². The van der Waals surface area contributed by atoms with Crippen LogP contribution in [0.2, 0.25) is 0 Å². The minimum atomic E-state index is -2.47. The molecule has 5 heteroatoms. The lowest BCUT2D eigenvalue weighted by molar-refractivity contribution is 0.151. The first-order chi connectivity index (χ1) is 9.51. The summed E-state index contributed by atoms with van der Waals surface area (Å²) in [4.78, 5) is 2.31. The molecule has 0 unspecified atom stereocenters. The molecule has 1 aromatic rings. The number of hydrogen-bond donors (Lipinski definition) is 2. The van der Waals surface area contributed by atoms with Crippen molar-refractivity contribution in [3.8, 4) is 0 Å². The zero-order valence-electron chi connectivity index (χ0n) is 12.1. The van der Waals surface area contributed by atoms with Crippen LogP contribution in [-0.4, -0.2) is 30.6 Å². The second kappa shape index (κ2) is 6.50. The maximum atomic E-state index is 12.9. The van der Waals surface area contributed by atoms with Crippen molar-refractivity contribution in [2.75, 3.05) is 25.4 Å². The predicted molar refractivity (Wildman–Crippen MR) is 77.9 cm³/mol. The topological polar surface area (TPSA) is 41.3 Å². The zero-order chi connectivity index (χ0) is 14.7. The number of rotatable bonds is 4. The molecule has 0 amide bonds. The van der Waals surface area contributed by atoms with Crippen LogP contribution >= 0.6 is 0 Å². The Labute approximate surface area is 119 Å². The summed E-state index contributed by atoms with van der Waals surface area (Å²) in [7, 11) is 0. The molecule has 1 saturated heterocycles. The van der Waals surface area contributed by atoms with E-state index in [0.717, 1.165) is 37.2 Å². The van der Waals surface area contributed by atoms with Crippen LogP contribution in [0.25, 0.3) is 0 Å². The Morgan fingerprint density at radius 3 is 2.85 bits per heavy atom.